The van der Waals surface area contributed by atoms with Crippen LogP contribution in [0.2, 0.25) is 0 Å². The molecule has 2 rings (SSSR count). The standard InChI is InChI=1S/C18H25N3O4/c1-10(2)9-13(17(23)24)20-18(25)21-14-8-6-5-7-12(14)19-16(22)15(21)11(3)4/h5-8,10-11,13,15H,9H2,1-4H3,(H,19,22)(H,20,25)(H,23,24)/p-1/t13-,15+/m0/s1. The van der Waals surface area contributed by atoms with Crippen molar-refractivity contribution in [3.05, 3.63) is 24.3 Å². The van der Waals surface area contributed by atoms with E-state index in [1.165, 1.54) is 4.90 Å². The van der Waals surface area contributed by atoms with E-state index >= 15 is 0 Å². The van der Waals surface area contributed by atoms with Crippen LogP contribution in [0.5, 0.6) is 0 Å². The Labute approximate surface area is 147 Å². The fourth-order valence-corrected chi connectivity index (χ4v) is 3.00. The number of urea groups is 1. The maximum Gasteiger partial charge on any atom is 0.323 e. The molecule has 1 heterocycles. The predicted molar refractivity (Wildman–Crippen MR) is 93.0 cm³/mol. The Balaban J connectivity index is 2.36. The van der Waals surface area contributed by atoms with Crippen molar-refractivity contribution in [2.24, 2.45) is 11.8 Å². The number of carbonyl (C=O) groups excluding carboxylic acids is 3. The van der Waals surface area contributed by atoms with Crippen molar-refractivity contribution in [2.75, 3.05) is 10.2 Å². The lowest BCUT2D eigenvalue weighted by Crippen LogP contribution is -2.60. The number of carbonyl (C=O) groups is 3. The minimum atomic E-state index is -1.34. The molecule has 1 aromatic carbocycles. The maximum atomic E-state index is 12.9. The molecule has 0 spiro atoms. The van der Waals surface area contributed by atoms with Crippen LogP contribution in [0.3, 0.4) is 0 Å². The lowest BCUT2D eigenvalue weighted by Gasteiger charge is -2.39. The summed E-state index contributed by atoms with van der Waals surface area (Å²) in [6.07, 6.45) is 0.252. The van der Waals surface area contributed by atoms with E-state index in [1.807, 2.05) is 27.7 Å². The second-order valence-corrected chi connectivity index (χ2v) is 7.02. The molecule has 0 unspecified atom stereocenters. The Kier molecular flexibility index (Phi) is 5.66. The van der Waals surface area contributed by atoms with Gasteiger partial charge in [-0.25, -0.2) is 4.79 Å². The molecule has 0 aromatic heterocycles. The summed E-state index contributed by atoms with van der Waals surface area (Å²) in [4.78, 5) is 38.0. The van der Waals surface area contributed by atoms with Gasteiger partial charge in [-0.05, 0) is 30.4 Å². The molecule has 3 amide bonds. The van der Waals surface area contributed by atoms with Crippen LogP contribution < -0.4 is 20.6 Å². The molecule has 0 saturated heterocycles. The van der Waals surface area contributed by atoms with Crippen molar-refractivity contribution in [1.82, 2.24) is 5.32 Å². The zero-order valence-electron chi connectivity index (χ0n) is 14.9. The Bertz CT molecular complexity index is 672. The average molecular weight is 346 g/mol. The van der Waals surface area contributed by atoms with Crippen molar-refractivity contribution in [3.63, 3.8) is 0 Å². The molecule has 0 aliphatic carbocycles. The third-order valence-corrected chi connectivity index (χ3v) is 4.11. The summed E-state index contributed by atoms with van der Waals surface area (Å²) in [5.74, 6) is -1.71. The molecule has 0 bridgehead atoms. The van der Waals surface area contributed by atoms with Crippen LogP contribution in [0.1, 0.15) is 34.1 Å². The van der Waals surface area contributed by atoms with Crippen molar-refractivity contribution < 1.29 is 19.5 Å². The minimum Gasteiger partial charge on any atom is -0.548 e. The van der Waals surface area contributed by atoms with Crippen LogP contribution in [0.25, 0.3) is 0 Å². The molecule has 0 radical (unpaired) electrons. The number of nitrogens with zero attached hydrogens (tertiary/aromatic N) is 1. The normalized spacial score (nSPS) is 17.9. The molecular weight excluding hydrogens is 322 g/mol. The smallest absolute Gasteiger partial charge is 0.323 e. The van der Waals surface area contributed by atoms with E-state index < -0.39 is 24.1 Å². The largest absolute Gasteiger partial charge is 0.548 e. The van der Waals surface area contributed by atoms with E-state index in [2.05, 4.69) is 10.6 Å². The molecule has 2 atom stereocenters. The molecule has 136 valence electrons. The third-order valence-electron chi connectivity index (χ3n) is 4.11. The number of amides is 3. The Morgan fingerprint density at radius 3 is 2.44 bits per heavy atom. The van der Waals surface area contributed by atoms with Gasteiger partial charge >= 0.3 is 6.03 Å². The molecule has 1 aromatic rings. The number of para-hydroxylation sites is 2. The van der Waals surface area contributed by atoms with Gasteiger partial charge in [-0.1, -0.05) is 39.8 Å². The quantitative estimate of drug-likeness (QED) is 0.840. The van der Waals surface area contributed by atoms with E-state index in [0.717, 1.165) is 0 Å². The van der Waals surface area contributed by atoms with Gasteiger partial charge in [0.15, 0.2) is 0 Å². The second-order valence-electron chi connectivity index (χ2n) is 7.02. The number of carboxylic acids is 1. The summed E-state index contributed by atoms with van der Waals surface area (Å²) >= 11 is 0. The Morgan fingerprint density at radius 1 is 1.24 bits per heavy atom. The summed E-state index contributed by atoms with van der Waals surface area (Å²) in [5, 5.41) is 16.7. The number of hydrogen-bond donors (Lipinski definition) is 2. The molecule has 2 N–H and O–H groups in total. The Morgan fingerprint density at radius 2 is 1.88 bits per heavy atom. The zero-order valence-corrected chi connectivity index (χ0v) is 14.9. The number of benzene rings is 1. The minimum absolute atomic E-state index is 0.0704. The van der Waals surface area contributed by atoms with Gasteiger partial charge in [-0.2, -0.15) is 0 Å². The first-order valence-electron chi connectivity index (χ1n) is 8.42. The maximum absolute atomic E-state index is 12.9. The molecule has 25 heavy (non-hydrogen) atoms. The average Bonchev–Trinajstić information content (AvgIpc) is 2.51. The van der Waals surface area contributed by atoms with Gasteiger partial charge in [0, 0.05) is 0 Å². The SMILES string of the molecule is CC(C)C[C@H](NC(=O)N1c2ccccc2NC(=O)[C@H]1C(C)C)C(=O)[O-]. The van der Waals surface area contributed by atoms with Crippen LogP contribution in [-0.4, -0.2) is 30.0 Å². The van der Waals surface area contributed by atoms with E-state index in [1.54, 1.807) is 24.3 Å². The molecule has 1 aliphatic heterocycles. The fourth-order valence-electron chi connectivity index (χ4n) is 3.00. The van der Waals surface area contributed by atoms with E-state index in [0.29, 0.717) is 11.4 Å². The van der Waals surface area contributed by atoms with Gasteiger partial charge in [0.2, 0.25) is 5.91 Å². The van der Waals surface area contributed by atoms with E-state index in [4.69, 9.17) is 0 Å². The monoisotopic (exact) mass is 346 g/mol. The number of hydrogen-bond acceptors (Lipinski definition) is 4. The highest BCUT2D eigenvalue weighted by Gasteiger charge is 2.39. The lowest BCUT2D eigenvalue weighted by molar-refractivity contribution is -0.308. The molecular formula is C18H24N3O4-. The first-order chi connectivity index (χ1) is 11.7. The number of rotatable bonds is 5. The van der Waals surface area contributed by atoms with Crippen molar-refractivity contribution in [2.45, 2.75) is 46.2 Å². The van der Waals surface area contributed by atoms with Crippen LogP contribution in [0.15, 0.2) is 24.3 Å². The molecule has 7 nitrogen and oxygen atoms in total. The summed E-state index contributed by atoms with van der Waals surface area (Å²) in [6.45, 7) is 7.40. The number of carboxylic acid groups (broad SMARTS) is 1. The highest BCUT2D eigenvalue weighted by atomic mass is 16.4. The second kappa shape index (κ2) is 7.55. The number of anilines is 2. The van der Waals surface area contributed by atoms with Gasteiger partial charge in [0.1, 0.15) is 6.04 Å². The summed E-state index contributed by atoms with van der Waals surface area (Å²) in [7, 11) is 0. The van der Waals surface area contributed by atoms with Crippen LogP contribution in [0, 0.1) is 11.8 Å². The topological polar surface area (TPSA) is 102 Å². The molecule has 0 saturated carbocycles. The highest BCUT2D eigenvalue weighted by molar-refractivity contribution is 6.12. The van der Waals surface area contributed by atoms with Crippen LogP contribution in [-0.2, 0) is 9.59 Å². The summed E-state index contributed by atoms with van der Waals surface area (Å²) in [5.41, 5.74) is 1.06. The molecule has 7 heteroatoms. The molecule has 0 fully saturated rings. The highest BCUT2D eigenvalue weighted by Crippen LogP contribution is 2.34. The van der Waals surface area contributed by atoms with Gasteiger partial charge in [-0.3, -0.25) is 9.69 Å². The number of nitrogens with one attached hydrogen (secondary N) is 2. The van der Waals surface area contributed by atoms with Crippen molar-refractivity contribution in [1.29, 1.82) is 0 Å². The van der Waals surface area contributed by atoms with Gasteiger partial charge < -0.3 is 20.5 Å². The predicted octanol–water partition coefficient (Wildman–Crippen LogP) is 1.34. The first kappa shape index (κ1) is 18.8. The molecule has 1 aliphatic rings. The van der Waals surface area contributed by atoms with Gasteiger partial charge in [0.05, 0.1) is 23.4 Å². The van der Waals surface area contributed by atoms with E-state index in [9.17, 15) is 19.5 Å². The van der Waals surface area contributed by atoms with Crippen LogP contribution in [0.4, 0.5) is 16.2 Å². The lowest BCUT2D eigenvalue weighted by atomic mass is 9.97. The number of aliphatic carboxylic acids is 1. The summed E-state index contributed by atoms with van der Waals surface area (Å²) in [6, 6.07) is 4.49. The zero-order chi connectivity index (χ0) is 18.7. The van der Waals surface area contributed by atoms with Crippen molar-refractivity contribution in [3.8, 4) is 0 Å². The van der Waals surface area contributed by atoms with E-state index in [-0.39, 0.29) is 24.2 Å². The van der Waals surface area contributed by atoms with Crippen LogP contribution >= 0.6 is 0 Å². The van der Waals surface area contributed by atoms with Gasteiger partial charge in [0.25, 0.3) is 0 Å². The van der Waals surface area contributed by atoms with Crippen molar-refractivity contribution >= 4 is 29.3 Å². The van der Waals surface area contributed by atoms with Gasteiger partial charge in [-0.15, -0.1) is 0 Å². The number of fused-ring (bicyclic) bond motifs is 1. The fraction of sp³-hybridized carbons (Fsp3) is 0.500. The Hall–Kier alpha value is -2.57. The third kappa shape index (κ3) is 4.10. The summed E-state index contributed by atoms with van der Waals surface area (Å²) < 4.78 is 0. The first-order valence-corrected chi connectivity index (χ1v) is 8.42.